The second-order valence-electron chi connectivity index (χ2n) is 6.47. The number of nitrogens with one attached hydrogen (secondary N) is 1. The summed E-state index contributed by atoms with van der Waals surface area (Å²) in [6, 6.07) is 29.1. The Balaban J connectivity index is 1.65. The summed E-state index contributed by atoms with van der Waals surface area (Å²) in [7, 11) is 0. The van der Waals surface area contributed by atoms with Crippen molar-refractivity contribution in [2.75, 3.05) is 6.54 Å². The topological polar surface area (TPSA) is 62.1 Å². The molecule has 0 aliphatic carbocycles. The molecular formula is C25H22N2O2. The van der Waals surface area contributed by atoms with E-state index >= 15 is 0 Å². The minimum Gasteiger partial charge on any atom is -0.488 e. The second-order valence-corrected chi connectivity index (χ2v) is 6.47. The number of amides is 1. The molecule has 0 unspecified atom stereocenters. The number of nitriles is 1. The van der Waals surface area contributed by atoms with E-state index in [2.05, 4.69) is 5.32 Å². The van der Waals surface area contributed by atoms with E-state index in [0.29, 0.717) is 30.9 Å². The molecule has 0 spiro atoms. The maximum absolute atomic E-state index is 12.4. The number of ether oxygens (including phenoxy) is 1. The number of carbonyl (C=O) groups excluding carboxylic acids is 1. The van der Waals surface area contributed by atoms with Crippen LogP contribution in [0.3, 0.4) is 0 Å². The van der Waals surface area contributed by atoms with E-state index in [1.54, 1.807) is 6.08 Å². The molecule has 3 aromatic rings. The SMILES string of the molecule is N#C/C(=C\c1ccccc1OCc1ccccc1)C(=O)NCCc1ccccc1. The van der Waals surface area contributed by atoms with Gasteiger partial charge in [-0.05, 0) is 29.7 Å². The van der Waals surface area contributed by atoms with Crippen molar-refractivity contribution in [1.82, 2.24) is 5.32 Å². The molecule has 3 aromatic carbocycles. The Hall–Kier alpha value is -3.84. The molecule has 0 saturated carbocycles. The highest BCUT2D eigenvalue weighted by Crippen LogP contribution is 2.22. The van der Waals surface area contributed by atoms with Crippen molar-refractivity contribution < 1.29 is 9.53 Å². The molecule has 0 atom stereocenters. The predicted molar refractivity (Wildman–Crippen MR) is 114 cm³/mol. The largest absolute Gasteiger partial charge is 0.488 e. The number of benzene rings is 3. The summed E-state index contributed by atoms with van der Waals surface area (Å²) >= 11 is 0. The number of hydrogen-bond acceptors (Lipinski definition) is 3. The molecule has 0 heterocycles. The summed E-state index contributed by atoms with van der Waals surface area (Å²) in [6.07, 6.45) is 2.28. The van der Waals surface area contributed by atoms with Gasteiger partial charge in [0.1, 0.15) is 24.0 Å². The van der Waals surface area contributed by atoms with E-state index < -0.39 is 0 Å². The van der Waals surface area contributed by atoms with Crippen LogP contribution in [0.1, 0.15) is 16.7 Å². The molecule has 29 heavy (non-hydrogen) atoms. The number of rotatable bonds is 8. The molecule has 4 nitrogen and oxygen atoms in total. The molecule has 0 aliphatic heterocycles. The van der Waals surface area contributed by atoms with Gasteiger partial charge in [0.05, 0.1) is 0 Å². The zero-order valence-corrected chi connectivity index (χ0v) is 16.0. The fourth-order valence-electron chi connectivity index (χ4n) is 2.83. The predicted octanol–water partition coefficient (Wildman–Crippen LogP) is 4.53. The molecule has 0 radical (unpaired) electrons. The fraction of sp³-hybridized carbons (Fsp3) is 0.120. The Morgan fingerprint density at radius 3 is 2.21 bits per heavy atom. The molecule has 144 valence electrons. The molecule has 0 saturated heterocycles. The molecule has 1 amide bonds. The zero-order valence-electron chi connectivity index (χ0n) is 16.0. The fourth-order valence-corrected chi connectivity index (χ4v) is 2.83. The van der Waals surface area contributed by atoms with Gasteiger partial charge in [-0.25, -0.2) is 0 Å². The second kappa shape index (κ2) is 10.5. The van der Waals surface area contributed by atoms with E-state index in [-0.39, 0.29) is 11.5 Å². The number of carbonyl (C=O) groups is 1. The van der Waals surface area contributed by atoms with Gasteiger partial charge in [-0.1, -0.05) is 78.9 Å². The van der Waals surface area contributed by atoms with Crippen molar-refractivity contribution in [1.29, 1.82) is 5.26 Å². The van der Waals surface area contributed by atoms with Crippen molar-refractivity contribution in [3.63, 3.8) is 0 Å². The standard InChI is InChI=1S/C25H22N2O2/c26-18-23(25(28)27-16-15-20-9-3-1-4-10-20)17-22-13-7-8-14-24(22)29-19-21-11-5-2-6-12-21/h1-14,17H,15-16,19H2,(H,27,28)/b23-17+. The first kappa shape index (κ1) is 19.9. The van der Waals surface area contributed by atoms with Crippen molar-refractivity contribution in [2.24, 2.45) is 0 Å². The molecule has 0 fully saturated rings. The Kier molecular flexibility index (Phi) is 7.20. The van der Waals surface area contributed by atoms with E-state index in [0.717, 1.165) is 11.1 Å². The van der Waals surface area contributed by atoms with E-state index in [1.165, 1.54) is 0 Å². The summed E-state index contributed by atoms with van der Waals surface area (Å²) in [5, 5.41) is 12.3. The van der Waals surface area contributed by atoms with Crippen LogP contribution < -0.4 is 10.1 Å². The number of nitrogens with zero attached hydrogens (tertiary/aromatic N) is 1. The van der Waals surface area contributed by atoms with Gasteiger partial charge >= 0.3 is 0 Å². The first-order valence-electron chi connectivity index (χ1n) is 9.46. The average molecular weight is 382 g/mol. The Labute approximate surface area is 171 Å². The van der Waals surface area contributed by atoms with Gasteiger partial charge in [0.25, 0.3) is 5.91 Å². The lowest BCUT2D eigenvalue weighted by Gasteiger charge is -2.10. The summed E-state index contributed by atoms with van der Waals surface area (Å²) < 4.78 is 5.90. The van der Waals surface area contributed by atoms with E-state index in [4.69, 9.17) is 4.74 Å². The van der Waals surface area contributed by atoms with Crippen molar-refractivity contribution in [3.8, 4) is 11.8 Å². The van der Waals surface area contributed by atoms with Crippen LogP contribution in [-0.2, 0) is 17.8 Å². The highest BCUT2D eigenvalue weighted by Gasteiger charge is 2.10. The Bertz CT molecular complexity index is 1010. The van der Waals surface area contributed by atoms with E-state index in [9.17, 15) is 10.1 Å². The molecule has 3 rings (SSSR count). The van der Waals surface area contributed by atoms with Crippen molar-refractivity contribution in [3.05, 3.63) is 107 Å². The monoisotopic (exact) mass is 382 g/mol. The summed E-state index contributed by atoms with van der Waals surface area (Å²) in [4.78, 5) is 12.4. The van der Waals surface area contributed by atoms with Crippen molar-refractivity contribution >= 4 is 12.0 Å². The molecule has 0 bridgehead atoms. The lowest BCUT2D eigenvalue weighted by molar-refractivity contribution is -0.117. The molecule has 0 aromatic heterocycles. The Morgan fingerprint density at radius 1 is 0.897 bits per heavy atom. The van der Waals surface area contributed by atoms with Crippen LogP contribution in [0.4, 0.5) is 0 Å². The maximum atomic E-state index is 12.4. The molecular weight excluding hydrogens is 360 g/mol. The zero-order chi connectivity index (χ0) is 20.3. The first-order valence-corrected chi connectivity index (χ1v) is 9.46. The van der Waals surface area contributed by atoms with Gasteiger partial charge in [-0.3, -0.25) is 4.79 Å². The third-order valence-electron chi connectivity index (χ3n) is 4.36. The van der Waals surface area contributed by atoms with Crippen LogP contribution in [0.25, 0.3) is 6.08 Å². The molecule has 4 heteroatoms. The average Bonchev–Trinajstić information content (AvgIpc) is 2.78. The number of hydrogen-bond donors (Lipinski definition) is 1. The van der Waals surface area contributed by atoms with Crippen LogP contribution in [0.5, 0.6) is 5.75 Å². The minimum absolute atomic E-state index is 0.0498. The van der Waals surface area contributed by atoms with Crippen LogP contribution in [-0.4, -0.2) is 12.5 Å². The lowest BCUT2D eigenvalue weighted by Crippen LogP contribution is -2.26. The van der Waals surface area contributed by atoms with Crippen molar-refractivity contribution in [2.45, 2.75) is 13.0 Å². The summed E-state index contributed by atoms with van der Waals surface area (Å²) in [5.41, 5.74) is 2.92. The maximum Gasteiger partial charge on any atom is 0.261 e. The molecule has 0 aliphatic rings. The van der Waals surface area contributed by atoms with Crippen LogP contribution in [0.15, 0.2) is 90.5 Å². The third-order valence-corrected chi connectivity index (χ3v) is 4.36. The highest BCUT2D eigenvalue weighted by molar-refractivity contribution is 6.01. The van der Waals surface area contributed by atoms with Crippen LogP contribution in [0, 0.1) is 11.3 Å². The molecule has 1 N–H and O–H groups in total. The Morgan fingerprint density at radius 2 is 1.52 bits per heavy atom. The number of para-hydroxylation sites is 1. The van der Waals surface area contributed by atoms with Gasteiger partial charge in [0.15, 0.2) is 0 Å². The minimum atomic E-state index is -0.388. The third kappa shape index (κ3) is 6.08. The van der Waals surface area contributed by atoms with E-state index in [1.807, 2.05) is 91.0 Å². The van der Waals surface area contributed by atoms with Gasteiger partial charge in [-0.15, -0.1) is 0 Å². The van der Waals surface area contributed by atoms with Gasteiger partial charge in [0, 0.05) is 12.1 Å². The first-order chi connectivity index (χ1) is 14.3. The van der Waals surface area contributed by atoms with Crippen LogP contribution in [0.2, 0.25) is 0 Å². The van der Waals surface area contributed by atoms with Crippen LogP contribution >= 0.6 is 0 Å². The summed E-state index contributed by atoms with van der Waals surface area (Å²) in [6.45, 7) is 0.880. The van der Waals surface area contributed by atoms with Gasteiger partial charge in [0.2, 0.25) is 0 Å². The van der Waals surface area contributed by atoms with Gasteiger partial charge in [-0.2, -0.15) is 5.26 Å². The highest BCUT2D eigenvalue weighted by atomic mass is 16.5. The normalized spacial score (nSPS) is 10.8. The quantitative estimate of drug-likeness (QED) is 0.460. The lowest BCUT2D eigenvalue weighted by atomic mass is 10.1. The summed E-state index contributed by atoms with van der Waals surface area (Å²) in [5.74, 6) is 0.238. The van der Waals surface area contributed by atoms with Gasteiger partial charge < -0.3 is 10.1 Å². The smallest absolute Gasteiger partial charge is 0.261 e.